The highest BCUT2D eigenvalue weighted by molar-refractivity contribution is 9.10. The second-order valence-electron chi connectivity index (χ2n) is 7.16. The molecule has 32 heavy (non-hydrogen) atoms. The highest BCUT2D eigenvalue weighted by Crippen LogP contribution is 2.19. The molecule has 0 aliphatic carbocycles. The maximum absolute atomic E-state index is 13.1. The lowest BCUT2D eigenvalue weighted by atomic mass is 9.95. The van der Waals surface area contributed by atoms with Crippen LogP contribution >= 0.6 is 31.9 Å². The van der Waals surface area contributed by atoms with Crippen molar-refractivity contribution in [3.05, 3.63) is 139 Å². The third-order valence-electron chi connectivity index (χ3n) is 4.99. The van der Waals surface area contributed by atoms with Crippen LogP contribution in [0, 0.1) is 0 Å². The monoisotopic (exact) mass is 546 g/mol. The van der Waals surface area contributed by atoms with Gasteiger partial charge in [0.05, 0.1) is 0 Å². The predicted octanol–water partition coefficient (Wildman–Crippen LogP) is 6.90. The topological polar surface area (TPSA) is 51.2 Å². The number of hydrogen-bond acceptors (Lipinski definition) is 3. The first-order valence-electron chi connectivity index (χ1n) is 9.78. The average molecular weight is 548 g/mol. The first-order chi connectivity index (χ1) is 15.4. The first kappa shape index (κ1) is 22.1. The lowest BCUT2D eigenvalue weighted by Gasteiger charge is -2.07. The molecule has 4 aromatic rings. The van der Waals surface area contributed by atoms with E-state index in [4.69, 9.17) is 0 Å². The van der Waals surface area contributed by atoms with E-state index in [-0.39, 0.29) is 17.3 Å². The smallest absolute Gasteiger partial charge is 0.193 e. The molecule has 0 N–H and O–H groups in total. The Morgan fingerprint density at radius 3 is 1.00 bits per heavy atom. The second kappa shape index (κ2) is 9.55. The van der Waals surface area contributed by atoms with Crippen molar-refractivity contribution in [2.45, 2.75) is 0 Å². The summed E-state index contributed by atoms with van der Waals surface area (Å²) in [4.78, 5) is 38.8. The molecule has 3 nitrogen and oxygen atoms in total. The highest BCUT2D eigenvalue weighted by atomic mass is 79.9. The molecule has 0 atom stereocenters. The molecule has 156 valence electrons. The molecule has 0 heterocycles. The zero-order valence-corrected chi connectivity index (χ0v) is 19.9. The normalized spacial score (nSPS) is 10.6. The molecule has 0 aliphatic rings. The quantitative estimate of drug-likeness (QED) is 0.246. The Kier molecular flexibility index (Phi) is 6.58. The first-order valence-corrected chi connectivity index (χ1v) is 11.4. The van der Waals surface area contributed by atoms with E-state index in [2.05, 4.69) is 31.9 Å². The fourth-order valence-electron chi connectivity index (χ4n) is 3.31. The summed E-state index contributed by atoms with van der Waals surface area (Å²) in [7, 11) is 0. The van der Waals surface area contributed by atoms with Gasteiger partial charge in [0.15, 0.2) is 17.3 Å². The Labute approximate surface area is 202 Å². The van der Waals surface area contributed by atoms with E-state index in [9.17, 15) is 14.4 Å². The molecule has 0 fully saturated rings. The third-order valence-corrected chi connectivity index (χ3v) is 6.04. The molecular weight excluding hydrogens is 532 g/mol. The van der Waals surface area contributed by atoms with E-state index in [1.807, 2.05) is 0 Å². The molecule has 0 saturated carbocycles. The van der Waals surface area contributed by atoms with Gasteiger partial charge in [-0.05, 0) is 60.7 Å². The summed E-state index contributed by atoms with van der Waals surface area (Å²) < 4.78 is 1.77. The molecule has 0 bridgehead atoms. The standard InChI is InChI=1S/C27H16Br2O3/c28-23-11-7-17(8-12-23)25(30)19-3-1-5-21(15-19)27(32)22-6-2-4-20(16-22)26(31)18-9-13-24(29)14-10-18/h1-16H. The van der Waals surface area contributed by atoms with Crippen LogP contribution in [-0.4, -0.2) is 17.3 Å². The van der Waals surface area contributed by atoms with Crippen LogP contribution in [0.4, 0.5) is 0 Å². The van der Waals surface area contributed by atoms with Gasteiger partial charge >= 0.3 is 0 Å². The van der Waals surface area contributed by atoms with Crippen LogP contribution in [0.3, 0.4) is 0 Å². The van der Waals surface area contributed by atoms with Gasteiger partial charge in [-0.25, -0.2) is 0 Å². The number of ketones is 3. The maximum Gasteiger partial charge on any atom is 0.193 e. The van der Waals surface area contributed by atoms with Gasteiger partial charge in [-0.1, -0.05) is 68.3 Å². The van der Waals surface area contributed by atoms with Crippen molar-refractivity contribution in [2.75, 3.05) is 0 Å². The lowest BCUT2D eigenvalue weighted by molar-refractivity contribution is 0.103. The van der Waals surface area contributed by atoms with Crippen LogP contribution in [-0.2, 0) is 0 Å². The average Bonchev–Trinajstić information content (AvgIpc) is 2.84. The molecule has 0 unspecified atom stereocenters. The fraction of sp³-hybridized carbons (Fsp3) is 0. The highest BCUT2D eigenvalue weighted by Gasteiger charge is 2.16. The molecule has 0 spiro atoms. The summed E-state index contributed by atoms with van der Waals surface area (Å²) >= 11 is 6.72. The van der Waals surface area contributed by atoms with E-state index in [0.29, 0.717) is 33.4 Å². The van der Waals surface area contributed by atoms with Gasteiger partial charge < -0.3 is 0 Å². The predicted molar refractivity (Wildman–Crippen MR) is 131 cm³/mol. The van der Waals surface area contributed by atoms with E-state index >= 15 is 0 Å². The zero-order valence-electron chi connectivity index (χ0n) is 16.7. The minimum atomic E-state index is -0.249. The number of hydrogen-bond donors (Lipinski definition) is 0. The fourth-order valence-corrected chi connectivity index (χ4v) is 3.83. The Balaban J connectivity index is 1.61. The van der Waals surface area contributed by atoms with E-state index in [0.717, 1.165) is 8.95 Å². The van der Waals surface area contributed by atoms with Crippen molar-refractivity contribution in [3.8, 4) is 0 Å². The van der Waals surface area contributed by atoms with Crippen LogP contribution < -0.4 is 0 Å². The molecule has 0 radical (unpaired) electrons. The van der Waals surface area contributed by atoms with Crippen molar-refractivity contribution >= 4 is 49.2 Å². The molecule has 0 aliphatic heterocycles. The van der Waals surface area contributed by atoms with Gasteiger partial charge in [0.1, 0.15) is 0 Å². The zero-order chi connectivity index (χ0) is 22.7. The van der Waals surface area contributed by atoms with E-state index < -0.39 is 0 Å². The van der Waals surface area contributed by atoms with Crippen molar-refractivity contribution in [2.24, 2.45) is 0 Å². The van der Waals surface area contributed by atoms with Gasteiger partial charge in [0, 0.05) is 42.3 Å². The maximum atomic E-state index is 13.1. The van der Waals surface area contributed by atoms with Gasteiger partial charge in [0.2, 0.25) is 0 Å². The molecule has 5 heteroatoms. The molecule has 0 aromatic heterocycles. The van der Waals surface area contributed by atoms with Gasteiger partial charge in [0.25, 0.3) is 0 Å². The Morgan fingerprint density at radius 1 is 0.406 bits per heavy atom. The molecule has 4 rings (SSSR count). The lowest BCUT2D eigenvalue weighted by Crippen LogP contribution is -2.07. The summed E-state index contributed by atoms with van der Waals surface area (Å²) in [6.45, 7) is 0. The number of carbonyl (C=O) groups excluding carboxylic acids is 3. The third kappa shape index (κ3) is 4.85. The minimum Gasteiger partial charge on any atom is -0.289 e. The van der Waals surface area contributed by atoms with Crippen LogP contribution in [0.15, 0.2) is 106 Å². The number of carbonyl (C=O) groups is 3. The van der Waals surface area contributed by atoms with Crippen LogP contribution in [0.2, 0.25) is 0 Å². The van der Waals surface area contributed by atoms with Gasteiger partial charge in [-0.15, -0.1) is 0 Å². The minimum absolute atomic E-state index is 0.161. The second-order valence-corrected chi connectivity index (χ2v) is 8.99. The largest absolute Gasteiger partial charge is 0.289 e. The molecule has 0 amide bonds. The van der Waals surface area contributed by atoms with Crippen LogP contribution in [0.5, 0.6) is 0 Å². The summed E-state index contributed by atoms with van der Waals surface area (Å²) in [6.07, 6.45) is 0. The molecule has 4 aromatic carbocycles. The molecule has 0 saturated heterocycles. The number of halogens is 2. The van der Waals surface area contributed by atoms with Gasteiger partial charge in [-0.3, -0.25) is 14.4 Å². The summed E-state index contributed by atoms with van der Waals surface area (Å²) in [5.74, 6) is -0.571. The van der Waals surface area contributed by atoms with Gasteiger partial charge in [-0.2, -0.15) is 0 Å². The summed E-state index contributed by atoms with van der Waals surface area (Å²) in [5.41, 5.74) is 2.72. The Bertz CT molecular complexity index is 1220. The van der Waals surface area contributed by atoms with Crippen molar-refractivity contribution in [1.82, 2.24) is 0 Å². The summed E-state index contributed by atoms with van der Waals surface area (Å²) in [6, 6.07) is 27.4. The van der Waals surface area contributed by atoms with Crippen LogP contribution in [0.25, 0.3) is 0 Å². The van der Waals surface area contributed by atoms with Crippen LogP contribution in [0.1, 0.15) is 47.8 Å². The van der Waals surface area contributed by atoms with E-state index in [1.165, 1.54) is 0 Å². The van der Waals surface area contributed by atoms with Crippen molar-refractivity contribution in [3.63, 3.8) is 0 Å². The van der Waals surface area contributed by atoms with Crippen molar-refractivity contribution in [1.29, 1.82) is 0 Å². The van der Waals surface area contributed by atoms with Crippen molar-refractivity contribution < 1.29 is 14.4 Å². The Hall–Kier alpha value is -3.15. The number of rotatable bonds is 6. The Morgan fingerprint density at radius 2 is 0.688 bits per heavy atom. The summed E-state index contributed by atoms with van der Waals surface area (Å²) in [5, 5.41) is 0. The molecular formula is C27H16Br2O3. The number of benzene rings is 4. The SMILES string of the molecule is O=C(c1ccc(Br)cc1)c1cccc(C(=O)c2cccc(C(=O)c3ccc(Br)cc3)c2)c1. The van der Waals surface area contributed by atoms with E-state index in [1.54, 1.807) is 97.1 Å².